The molecular formula is C16H13F6N3O5. The Morgan fingerprint density at radius 1 is 1.13 bits per heavy atom. The summed E-state index contributed by atoms with van der Waals surface area (Å²) in [5.41, 5.74) is -1.20. The standard InChI is InChI=1S/C14H12F3N3O3.C2HF3O2/c15-14(16,17)9-6-13(9,11(21)22)7-18-12-19-10(20-23-12)8-4-2-1-3-5-8;3-2(4,5)1(6)7/h1-5,9H,6-7H2,(H,21,22)(H,18,19,20);(H,6,7)/t9-,13+;/m0./s1. The van der Waals surface area contributed by atoms with Gasteiger partial charge in [0.15, 0.2) is 0 Å². The van der Waals surface area contributed by atoms with Gasteiger partial charge in [-0.05, 0) is 6.42 Å². The van der Waals surface area contributed by atoms with Gasteiger partial charge in [0.25, 0.3) is 0 Å². The zero-order chi connectivity index (χ0) is 22.7. The van der Waals surface area contributed by atoms with E-state index in [1.165, 1.54) is 0 Å². The number of carbonyl (C=O) groups is 2. The minimum atomic E-state index is -5.08. The first-order valence-electron chi connectivity index (χ1n) is 8.00. The van der Waals surface area contributed by atoms with E-state index in [9.17, 15) is 31.1 Å². The lowest BCUT2D eigenvalue weighted by molar-refractivity contribution is -0.192. The Kier molecular flexibility index (Phi) is 6.28. The second-order valence-electron chi connectivity index (χ2n) is 6.21. The van der Waals surface area contributed by atoms with Gasteiger partial charge in [-0.2, -0.15) is 31.3 Å². The van der Waals surface area contributed by atoms with Crippen LogP contribution < -0.4 is 5.32 Å². The molecular weight excluding hydrogens is 428 g/mol. The van der Waals surface area contributed by atoms with Crippen LogP contribution in [0.5, 0.6) is 0 Å². The lowest BCUT2D eigenvalue weighted by atomic mass is 10.0. The van der Waals surface area contributed by atoms with Crippen LogP contribution in [0.2, 0.25) is 0 Å². The molecule has 1 aromatic carbocycles. The van der Waals surface area contributed by atoms with E-state index in [2.05, 4.69) is 15.5 Å². The first-order valence-corrected chi connectivity index (χ1v) is 8.00. The predicted octanol–water partition coefficient (Wildman–Crippen LogP) is 3.44. The summed E-state index contributed by atoms with van der Waals surface area (Å²) in [6, 6.07) is 8.73. The molecule has 0 unspecified atom stereocenters. The van der Waals surface area contributed by atoms with Crippen molar-refractivity contribution in [2.24, 2.45) is 11.3 Å². The maximum absolute atomic E-state index is 12.7. The van der Waals surface area contributed by atoms with Gasteiger partial charge in [0, 0.05) is 12.1 Å². The van der Waals surface area contributed by atoms with E-state index >= 15 is 0 Å². The number of alkyl halides is 6. The summed E-state index contributed by atoms with van der Waals surface area (Å²) in [5.74, 6) is -5.85. The van der Waals surface area contributed by atoms with Crippen LogP contribution in [0.25, 0.3) is 11.4 Å². The zero-order valence-corrected chi connectivity index (χ0v) is 14.7. The van der Waals surface area contributed by atoms with Gasteiger partial charge in [0.2, 0.25) is 5.82 Å². The molecule has 8 nitrogen and oxygen atoms in total. The predicted molar refractivity (Wildman–Crippen MR) is 86.1 cm³/mol. The third-order valence-corrected chi connectivity index (χ3v) is 4.15. The fourth-order valence-electron chi connectivity index (χ4n) is 2.47. The quantitative estimate of drug-likeness (QED) is 0.603. The SMILES string of the molecule is O=C(O)C(F)(F)F.O=C(O)[C@@]1(CNc2nc(-c3ccccc3)no2)C[C@@H]1C(F)(F)F. The third kappa shape index (κ3) is 5.39. The van der Waals surface area contributed by atoms with E-state index in [0.29, 0.717) is 5.56 Å². The molecule has 1 aliphatic rings. The molecule has 0 aliphatic heterocycles. The number of hydrogen-bond donors (Lipinski definition) is 3. The van der Waals surface area contributed by atoms with E-state index in [-0.39, 0.29) is 11.8 Å². The van der Waals surface area contributed by atoms with Gasteiger partial charge in [0.05, 0.1) is 11.3 Å². The number of hydrogen-bond acceptors (Lipinski definition) is 6. The van der Waals surface area contributed by atoms with Gasteiger partial charge in [-0.3, -0.25) is 4.79 Å². The monoisotopic (exact) mass is 441 g/mol. The minimum Gasteiger partial charge on any atom is -0.481 e. The Labute approximate surface area is 163 Å². The Hall–Kier alpha value is -3.32. The van der Waals surface area contributed by atoms with Crippen molar-refractivity contribution in [3.63, 3.8) is 0 Å². The molecule has 30 heavy (non-hydrogen) atoms. The molecule has 0 radical (unpaired) electrons. The molecule has 1 saturated carbocycles. The Balaban J connectivity index is 0.000000396. The summed E-state index contributed by atoms with van der Waals surface area (Å²) in [6.45, 7) is -0.428. The number of halogens is 6. The summed E-state index contributed by atoms with van der Waals surface area (Å²) >= 11 is 0. The van der Waals surface area contributed by atoms with Crippen LogP contribution in [0.15, 0.2) is 34.9 Å². The highest BCUT2D eigenvalue weighted by Crippen LogP contribution is 2.60. The number of nitrogens with one attached hydrogen (secondary N) is 1. The molecule has 14 heteroatoms. The van der Waals surface area contributed by atoms with E-state index in [1.54, 1.807) is 24.3 Å². The van der Waals surface area contributed by atoms with Crippen LogP contribution in [0.3, 0.4) is 0 Å². The van der Waals surface area contributed by atoms with Gasteiger partial charge in [-0.15, -0.1) is 0 Å². The number of rotatable bonds is 5. The molecule has 3 N–H and O–H groups in total. The molecule has 1 fully saturated rings. The van der Waals surface area contributed by atoms with Crippen LogP contribution in [-0.4, -0.2) is 51.2 Å². The van der Waals surface area contributed by atoms with Crippen molar-refractivity contribution in [2.45, 2.75) is 18.8 Å². The topological polar surface area (TPSA) is 126 Å². The lowest BCUT2D eigenvalue weighted by Crippen LogP contribution is -2.31. The highest BCUT2D eigenvalue weighted by molar-refractivity contribution is 5.79. The smallest absolute Gasteiger partial charge is 0.481 e. The van der Waals surface area contributed by atoms with Crippen molar-refractivity contribution in [3.05, 3.63) is 30.3 Å². The molecule has 1 aliphatic carbocycles. The largest absolute Gasteiger partial charge is 0.490 e. The first-order chi connectivity index (χ1) is 13.8. The highest BCUT2D eigenvalue weighted by atomic mass is 19.4. The highest BCUT2D eigenvalue weighted by Gasteiger charge is 2.71. The Morgan fingerprint density at radius 3 is 2.13 bits per heavy atom. The number of benzene rings is 1. The second-order valence-corrected chi connectivity index (χ2v) is 6.21. The van der Waals surface area contributed by atoms with Gasteiger partial charge < -0.3 is 20.1 Å². The summed E-state index contributed by atoms with van der Waals surface area (Å²) in [7, 11) is 0. The molecule has 1 aromatic heterocycles. The molecule has 1 heterocycles. The summed E-state index contributed by atoms with van der Waals surface area (Å²) < 4.78 is 74.7. The van der Waals surface area contributed by atoms with Crippen molar-refractivity contribution >= 4 is 18.0 Å². The fraction of sp³-hybridized carbons (Fsp3) is 0.375. The van der Waals surface area contributed by atoms with Crippen LogP contribution in [0, 0.1) is 11.3 Å². The molecule has 0 bridgehead atoms. The Bertz CT molecular complexity index is 899. The van der Waals surface area contributed by atoms with E-state index in [1.807, 2.05) is 6.07 Å². The average molecular weight is 441 g/mol. The molecule has 0 amide bonds. The number of carboxylic acid groups (broad SMARTS) is 2. The minimum absolute atomic E-state index is 0.114. The normalized spacial score (nSPS) is 20.7. The maximum atomic E-state index is 12.7. The molecule has 3 rings (SSSR count). The third-order valence-electron chi connectivity index (χ3n) is 4.15. The second kappa shape index (κ2) is 8.20. The maximum Gasteiger partial charge on any atom is 0.490 e. The molecule has 2 aromatic rings. The van der Waals surface area contributed by atoms with Crippen LogP contribution >= 0.6 is 0 Å². The number of carboxylic acids is 2. The molecule has 164 valence electrons. The van der Waals surface area contributed by atoms with Gasteiger partial charge in [0.1, 0.15) is 0 Å². The van der Waals surface area contributed by atoms with E-state index in [0.717, 1.165) is 0 Å². The molecule has 0 saturated heterocycles. The van der Waals surface area contributed by atoms with Crippen molar-refractivity contribution in [1.82, 2.24) is 10.1 Å². The van der Waals surface area contributed by atoms with Crippen molar-refractivity contribution in [1.29, 1.82) is 0 Å². The van der Waals surface area contributed by atoms with Crippen LogP contribution in [-0.2, 0) is 9.59 Å². The number of nitrogens with zero attached hydrogens (tertiary/aromatic N) is 2. The Morgan fingerprint density at radius 2 is 1.70 bits per heavy atom. The fourth-order valence-corrected chi connectivity index (χ4v) is 2.47. The van der Waals surface area contributed by atoms with Crippen molar-refractivity contribution in [3.8, 4) is 11.4 Å². The van der Waals surface area contributed by atoms with E-state index < -0.39 is 48.6 Å². The summed E-state index contributed by atoms with van der Waals surface area (Å²) in [5, 5.41) is 22.4. The number of aromatic nitrogens is 2. The van der Waals surface area contributed by atoms with Crippen LogP contribution in [0.1, 0.15) is 6.42 Å². The summed E-state index contributed by atoms with van der Waals surface area (Å²) in [4.78, 5) is 24.1. The van der Waals surface area contributed by atoms with E-state index in [4.69, 9.17) is 19.5 Å². The van der Waals surface area contributed by atoms with Gasteiger partial charge in [-0.1, -0.05) is 35.5 Å². The number of aliphatic carboxylic acids is 2. The van der Waals surface area contributed by atoms with Gasteiger partial charge >= 0.3 is 30.3 Å². The zero-order valence-electron chi connectivity index (χ0n) is 14.7. The first kappa shape index (κ1) is 23.0. The summed E-state index contributed by atoms with van der Waals surface area (Å²) in [6.07, 6.45) is -10.1. The molecule has 2 atom stereocenters. The van der Waals surface area contributed by atoms with Crippen LogP contribution in [0.4, 0.5) is 32.4 Å². The molecule has 0 spiro atoms. The average Bonchev–Trinajstić information content (AvgIpc) is 3.24. The van der Waals surface area contributed by atoms with Crippen molar-refractivity contribution in [2.75, 3.05) is 11.9 Å². The van der Waals surface area contributed by atoms with Gasteiger partial charge in [-0.25, -0.2) is 4.79 Å². The number of anilines is 1. The lowest BCUT2D eigenvalue weighted by Gasteiger charge is -2.13. The van der Waals surface area contributed by atoms with Crippen molar-refractivity contribution < 1.29 is 50.7 Å².